The number of aromatic nitrogens is 2. The molecule has 3 nitrogen and oxygen atoms in total. The zero-order valence-electron chi connectivity index (χ0n) is 16.4. The van der Waals surface area contributed by atoms with Crippen molar-refractivity contribution in [2.45, 2.75) is 32.0 Å². The molecule has 0 amide bonds. The first-order valence-electron chi connectivity index (χ1n) is 9.35. The fourth-order valence-corrected chi connectivity index (χ4v) is 4.50. The molecule has 0 fully saturated rings. The maximum absolute atomic E-state index is 13.3. The number of rotatable bonds is 4. The molecular formula is C23H19F3N2OS. The summed E-state index contributed by atoms with van der Waals surface area (Å²) in [6.07, 6.45) is -1.03. The van der Waals surface area contributed by atoms with Gasteiger partial charge in [-0.15, -0.1) is 11.3 Å². The number of thiophene rings is 1. The largest absolute Gasteiger partial charge is 0.421 e. The zero-order valence-corrected chi connectivity index (χ0v) is 17.2. The van der Waals surface area contributed by atoms with Crippen molar-refractivity contribution >= 4 is 21.4 Å². The van der Waals surface area contributed by atoms with Gasteiger partial charge in [0.2, 0.25) is 0 Å². The Morgan fingerprint density at radius 3 is 2.53 bits per heavy atom. The lowest BCUT2D eigenvalue weighted by Crippen LogP contribution is -2.39. The summed E-state index contributed by atoms with van der Waals surface area (Å²) in [5.74, 6) is 0. The van der Waals surface area contributed by atoms with E-state index in [-0.39, 0.29) is 5.56 Å². The van der Waals surface area contributed by atoms with Crippen molar-refractivity contribution in [1.82, 2.24) is 9.97 Å². The van der Waals surface area contributed by atoms with Gasteiger partial charge in [-0.3, -0.25) is 9.97 Å². The highest BCUT2D eigenvalue weighted by Gasteiger charge is 2.51. The van der Waals surface area contributed by atoms with E-state index in [2.05, 4.69) is 16.0 Å². The number of aliphatic hydroxyl groups is 1. The minimum Gasteiger partial charge on any atom is -0.376 e. The number of benzene rings is 1. The first kappa shape index (κ1) is 20.5. The van der Waals surface area contributed by atoms with Crippen molar-refractivity contribution in [2.75, 3.05) is 0 Å². The summed E-state index contributed by atoms with van der Waals surface area (Å²) in [7, 11) is 0. The quantitative estimate of drug-likeness (QED) is 0.432. The standard InChI is InChI=1S/C23H19F3N2OS/c1-14-5-4-9-27-19(14)13-17-11-15-6-3-7-18(21(15)30-17)20-12-16(8-10-28-20)22(2,29)23(24,25)26/h3-12,29H,13H2,1-2H3/t22-/m1/s1. The molecule has 0 unspecified atom stereocenters. The number of pyridine rings is 2. The van der Waals surface area contributed by atoms with Crippen LogP contribution in [0.2, 0.25) is 0 Å². The Bertz CT molecular complexity index is 1210. The van der Waals surface area contributed by atoms with Crippen LogP contribution in [0.25, 0.3) is 21.3 Å². The van der Waals surface area contributed by atoms with Gasteiger partial charge in [-0.1, -0.05) is 24.3 Å². The first-order chi connectivity index (χ1) is 14.2. The van der Waals surface area contributed by atoms with Crippen LogP contribution in [0.1, 0.15) is 28.6 Å². The van der Waals surface area contributed by atoms with Crippen molar-refractivity contribution in [3.05, 3.63) is 82.6 Å². The molecule has 0 aliphatic carbocycles. The number of fused-ring (bicyclic) bond motifs is 1. The van der Waals surface area contributed by atoms with Gasteiger partial charge in [-0.05, 0) is 54.6 Å². The molecule has 4 rings (SSSR count). The van der Waals surface area contributed by atoms with Crippen LogP contribution >= 0.6 is 11.3 Å². The van der Waals surface area contributed by atoms with Gasteiger partial charge in [0.05, 0.1) is 5.69 Å². The minimum atomic E-state index is -4.78. The monoisotopic (exact) mass is 428 g/mol. The van der Waals surface area contributed by atoms with E-state index in [1.54, 1.807) is 17.5 Å². The van der Waals surface area contributed by atoms with Gasteiger partial charge in [0.25, 0.3) is 0 Å². The van der Waals surface area contributed by atoms with Crippen LogP contribution < -0.4 is 0 Å². The second-order valence-corrected chi connectivity index (χ2v) is 8.52. The highest BCUT2D eigenvalue weighted by atomic mass is 32.1. The fourth-order valence-electron chi connectivity index (χ4n) is 3.32. The molecule has 1 atom stereocenters. The van der Waals surface area contributed by atoms with Crippen LogP contribution in [0.4, 0.5) is 13.2 Å². The van der Waals surface area contributed by atoms with Crippen LogP contribution in [0, 0.1) is 6.92 Å². The Labute approximate surface area is 175 Å². The summed E-state index contributed by atoms with van der Waals surface area (Å²) in [5, 5.41) is 11.0. The molecule has 0 radical (unpaired) electrons. The first-order valence-corrected chi connectivity index (χ1v) is 10.2. The van der Waals surface area contributed by atoms with E-state index in [0.29, 0.717) is 12.1 Å². The topological polar surface area (TPSA) is 46.0 Å². The van der Waals surface area contributed by atoms with Gasteiger partial charge in [0.1, 0.15) is 0 Å². The molecule has 0 saturated carbocycles. The van der Waals surface area contributed by atoms with Gasteiger partial charge in [0.15, 0.2) is 5.60 Å². The molecule has 4 aromatic rings. The molecule has 3 heterocycles. The smallest absolute Gasteiger partial charge is 0.376 e. The molecule has 0 aliphatic rings. The van der Waals surface area contributed by atoms with Crippen LogP contribution in [0.15, 0.2) is 60.9 Å². The average Bonchev–Trinajstić information content (AvgIpc) is 3.11. The van der Waals surface area contributed by atoms with E-state index in [0.717, 1.165) is 38.7 Å². The van der Waals surface area contributed by atoms with E-state index in [4.69, 9.17) is 0 Å². The number of hydrogen-bond acceptors (Lipinski definition) is 4. The fraction of sp³-hybridized carbons (Fsp3) is 0.217. The Hall–Kier alpha value is -2.77. The maximum atomic E-state index is 13.3. The van der Waals surface area contributed by atoms with E-state index < -0.39 is 11.8 Å². The molecular weight excluding hydrogens is 409 g/mol. The molecule has 1 aromatic carbocycles. The summed E-state index contributed by atoms with van der Waals surface area (Å²) < 4.78 is 40.8. The number of hydrogen-bond donors (Lipinski definition) is 1. The third kappa shape index (κ3) is 3.70. The molecule has 0 saturated heterocycles. The third-order valence-electron chi connectivity index (χ3n) is 5.20. The summed E-state index contributed by atoms with van der Waals surface area (Å²) in [6, 6.07) is 14.2. The second-order valence-electron chi connectivity index (χ2n) is 7.38. The number of aryl methyl sites for hydroxylation is 1. The molecule has 30 heavy (non-hydrogen) atoms. The van der Waals surface area contributed by atoms with Crippen molar-refractivity contribution in [2.24, 2.45) is 0 Å². The predicted molar refractivity (Wildman–Crippen MR) is 112 cm³/mol. The van der Waals surface area contributed by atoms with Gasteiger partial charge >= 0.3 is 6.18 Å². The van der Waals surface area contributed by atoms with Crippen LogP contribution in [-0.2, 0) is 12.0 Å². The van der Waals surface area contributed by atoms with Gasteiger partial charge in [-0.2, -0.15) is 13.2 Å². The number of nitrogens with zero attached hydrogens (tertiary/aromatic N) is 2. The molecule has 154 valence electrons. The highest BCUT2D eigenvalue weighted by molar-refractivity contribution is 7.19. The van der Waals surface area contributed by atoms with Gasteiger partial charge in [-0.25, -0.2) is 0 Å². The SMILES string of the molecule is Cc1cccnc1Cc1cc2cccc(-c3cc([C@@](C)(O)C(F)(F)F)ccn3)c2s1. The number of alkyl halides is 3. The Morgan fingerprint density at radius 1 is 1.00 bits per heavy atom. The van der Waals surface area contributed by atoms with Crippen LogP contribution in [0.5, 0.6) is 0 Å². The van der Waals surface area contributed by atoms with Crippen molar-refractivity contribution in [1.29, 1.82) is 0 Å². The molecule has 0 aliphatic heterocycles. The molecule has 1 N–H and O–H groups in total. The maximum Gasteiger partial charge on any atom is 0.421 e. The number of halogens is 3. The van der Waals surface area contributed by atoms with E-state index in [9.17, 15) is 18.3 Å². The van der Waals surface area contributed by atoms with Gasteiger partial charge < -0.3 is 5.11 Å². The lowest BCUT2D eigenvalue weighted by molar-refractivity contribution is -0.258. The summed E-state index contributed by atoms with van der Waals surface area (Å²) in [5.41, 5.74) is 0.0468. The highest BCUT2D eigenvalue weighted by Crippen LogP contribution is 2.40. The van der Waals surface area contributed by atoms with Crippen molar-refractivity contribution in [3.63, 3.8) is 0 Å². The van der Waals surface area contributed by atoms with Gasteiger partial charge in [0, 0.05) is 39.6 Å². The van der Waals surface area contributed by atoms with E-state index >= 15 is 0 Å². The molecule has 3 aromatic heterocycles. The Balaban J connectivity index is 1.76. The lowest BCUT2D eigenvalue weighted by Gasteiger charge is -2.26. The molecule has 0 bridgehead atoms. The summed E-state index contributed by atoms with van der Waals surface area (Å²) in [4.78, 5) is 9.83. The Morgan fingerprint density at radius 2 is 1.80 bits per heavy atom. The molecule has 0 spiro atoms. The van der Waals surface area contributed by atoms with Crippen LogP contribution in [0.3, 0.4) is 0 Å². The summed E-state index contributed by atoms with van der Waals surface area (Å²) in [6.45, 7) is 2.77. The zero-order chi connectivity index (χ0) is 21.5. The average molecular weight is 428 g/mol. The predicted octanol–water partition coefficient (Wildman–Crippen LogP) is 6.03. The third-order valence-corrected chi connectivity index (χ3v) is 6.39. The van der Waals surface area contributed by atoms with E-state index in [1.165, 1.54) is 18.3 Å². The molecule has 7 heteroatoms. The van der Waals surface area contributed by atoms with Crippen molar-refractivity contribution in [3.8, 4) is 11.3 Å². The van der Waals surface area contributed by atoms with Crippen molar-refractivity contribution < 1.29 is 18.3 Å². The Kier molecular flexibility index (Phi) is 5.11. The minimum absolute atomic E-state index is 0.238. The summed E-state index contributed by atoms with van der Waals surface area (Å²) >= 11 is 1.58. The van der Waals surface area contributed by atoms with E-state index in [1.807, 2.05) is 37.3 Å². The second kappa shape index (κ2) is 7.49. The lowest BCUT2D eigenvalue weighted by atomic mass is 9.94. The normalized spacial score (nSPS) is 14.1. The van der Waals surface area contributed by atoms with Crippen LogP contribution in [-0.4, -0.2) is 21.3 Å².